The fourth-order valence-electron chi connectivity index (χ4n) is 4.63. The van der Waals surface area contributed by atoms with Gasteiger partial charge >= 0.3 is 11.9 Å². The molecule has 0 spiro atoms. The third-order valence-corrected chi connectivity index (χ3v) is 6.73. The van der Waals surface area contributed by atoms with E-state index in [2.05, 4.69) is 21.2 Å². The maximum atomic E-state index is 13.7. The number of ether oxygens (including phenoxy) is 4. The first-order chi connectivity index (χ1) is 15.3. The molecule has 1 aliphatic carbocycles. The minimum atomic E-state index is -0.947. The fraction of sp³-hybridized carbons (Fsp3) is 0.435. The Morgan fingerprint density at radius 2 is 1.94 bits per heavy atom. The van der Waals surface area contributed by atoms with Crippen molar-refractivity contribution in [2.24, 2.45) is 11.8 Å². The second kappa shape index (κ2) is 8.61. The summed E-state index contributed by atoms with van der Waals surface area (Å²) in [5.41, 5.74) is 2.64. The maximum absolute atomic E-state index is 13.7. The molecule has 1 N–H and O–H groups in total. The Morgan fingerprint density at radius 3 is 2.59 bits per heavy atom. The van der Waals surface area contributed by atoms with Crippen molar-refractivity contribution in [3.8, 4) is 11.5 Å². The van der Waals surface area contributed by atoms with E-state index in [0.29, 0.717) is 50.5 Å². The molecular weight excluding hydrogens is 482 g/mol. The SMILES string of the molecule is CCOC(=O)C1=C(C)NC2=C(C(=O)[C@@H](C(=O)OC)[C@H](C)C2)[C@@H]1c1cc2c(cc1Br)OCO2. The normalized spacial score (nSPS) is 24.2. The Morgan fingerprint density at radius 1 is 1.25 bits per heavy atom. The average Bonchev–Trinajstić information content (AvgIpc) is 3.19. The third kappa shape index (κ3) is 3.58. The second-order valence-corrected chi connectivity index (χ2v) is 8.84. The fourth-order valence-corrected chi connectivity index (χ4v) is 5.18. The molecule has 0 bridgehead atoms. The van der Waals surface area contributed by atoms with E-state index in [9.17, 15) is 14.4 Å². The molecule has 0 unspecified atom stereocenters. The third-order valence-electron chi connectivity index (χ3n) is 6.04. The maximum Gasteiger partial charge on any atom is 0.336 e. The summed E-state index contributed by atoms with van der Waals surface area (Å²) in [6, 6.07) is 3.52. The second-order valence-electron chi connectivity index (χ2n) is 7.98. The van der Waals surface area contributed by atoms with Crippen LogP contribution in [0.2, 0.25) is 0 Å². The molecule has 0 saturated carbocycles. The van der Waals surface area contributed by atoms with E-state index in [4.69, 9.17) is 18.9 Å². The summed E-state index contributed by atoms with van der Waals surface area (Å²) in [5, 5.41) is 3.23. The van der Waals surface area contributed by atoms with Gasteiger partial charge in [0.25, 0.3) is 0 Å². The molecule has 1 aromatic rings. The highest BCUT2D eigenvalue weighted by molar-refractivity contribution is 9.10. The van der Waals surface area contributed by atoms with Gasteiger partial charge in [-0.2, -0.15) is 0 Å². The number of esters is 2. The predicted octanol–water partition coefficient (Wildman–Crippen LogP) is 3.35. The number of rotatable bonds is 4. The van der Waals surface area contributed by atoms with Crippen LogP contribution in [-0.2, 0) is 23.9 Å². The van der Waals surface area contributed by atoms with E-state index in [1.165, 1.54) is 7.11 Å². The number of methoxy groups -OCH3 is 1. The van der Waals surface area contributed by atoms with Crippen molar-refractivity contribution in [3.05, 3.63) is 44.7 Å². The molecule has 0 radical (unpaired) electrons. The number of hydrogen-bond donors (Lipinski definition) is 1. The molecule has 2 heterocycles. The van der Waals surface area contributed by atoms with Crippen molar-refractivity contribution in [2.75, 3.05) is 20.5 Å². The molecule has 0 amide bonds. The number of dihydropyridines is 1. The van der Waals surface area contributed by atoms with E-state index in [0.717, 1.165) is 0 Å². The molecule has 3 atom stereocenters. The lowest BCUT2D eigenvalue weighted by Gasteiger charge is -2.38. The van der Waals surface area contributed by atoms with Crippen molar-refractivity contribution >= 4 is 33.7 Å². The Bertz CT molecular complexity index is 1070. The van der Waals surface area contributed by atoms with E-state index in [-0.39, 0.29) is 25.1 Å². The highest BCUT2D eigenvalue weighted by atomic mass is 79.9. The van der Waals surface area contributed by atoms with Gasteiger partial charge in [0, 0.05) is 27.4 Å². The monoisotopic (exact) mass is 505 g/mol. The van der Waals surface area contributed by atoms with E-state index >= 15 is 0 Å². The molecule has 3 aliphatic rings. The Labute approximate surface area is 194 Å². The summed E-state index contributed by atoms with van der Waals surface area (Å²) >= 11 is 3.57. The number of nitrogens with one attached hydrogen (secondary N) is 1. The Kier molecular flexibility index (Phi) is 6.03. The molecule has 2 aliphatic heterocycles. The van der Waals surface area contributed by atoms with Gasteiger partial charge in [-0.3, -0.25) is 9.59 Å². The number of carbonyl (C=O) groups is 3. The first-order valence-electron chi connectivity index (χ1n) is 10.4. The van der Waals surface area contributed by atoms with Gasteiger partial charge in [-0.1, -0.05) is 22.9 Å². The van der Waals surface area contributed by atoms with E-state index in [1.807, 2.05) is 6.92 Å². The van der Waals surface area contributed by atoms with Gasteiger partial charge in [-0.25, -0.2) is 4.79 Å². The summed E-state index contributed by atoms with van der Waals surface area (Å²) in [6.07, 6.45) is 0.465. The van der Waals surface area contributed by atoms with Crippen LogP contribution in [-0.4, -0.2) is 38.2 Å². The molecule has 1 aromatic carbocycles. The molecule has 0 fully saturated rings. The molecular formula is C23H24BrNO7. The number of Topliss-reactive ketones (excluding diaryl/α,β-unsaturated/α-hetero) is 1. The van der Waals surface area contributed by atoms with Crippen molar-refractivity contribution in [2.45, 2.75) is 33.1 Å². The summed E-state index contributed by atoms with van der Waals surface area (Å²) in [7, 11) is 1.27. The number of fused-ring (bicyclic) bond motifs is 1. The van der Waals surface area contributed by atoms with Crippen LogP contribution in [0.25, 0.3) is 0 Å². The minimum Gasteiger partial charge on any atom is -0.468 e. The smallest absolute Gasteiger partial charge is 0.336 e. The lowest BCUT2D eigenvalue weighted by Crippen LogP contribution is -2.43. The van der Waals surface area contributed by atoms with Crippen LogP contribution in [0.1, 0.15) is 38.7 Å². The minimum absolute atomic E-state index is 0.0891. The number of allylic oxidation sites excluding steroid dienone is 3. The summed E-state index contributed by atoms with van der Waals surface area (Å²) in [6.45, 7) is 5.63. The largest absolute Gasteiger partial charge is 0.468 e. The van der Waals surface area contributed by atoms with Crippen LogP contribution in [0.4, 0.5) is 0 Å². The molecule has 4 rings (SSSR count). The standard InChI is InChI=1S/C23H24BrNO7/c1-5-30-23(28)18-11(3)25-14-6-10(2)17(22(27)29-4)21(26)20(14)19(18)12-7-15-16(8-13(12)24)32-9-31-15/h7-8,10,17,19,25H,5-6,9H2,1-4H3/t10-,17+,19-/m1/s1. The lowest BCUT2D eigenvalue weighted by molar-refractivity contribution is -0.151. The molecule has 9 heteroatoms. The van der Waals surface area contributed by atoms with E-state index in [1.54, 1.807) is 26.0 Å². The summed E-state index contributed by atoms with van der Waals surface area (Å²) in [4.78, 5) is 39.2. The van der Waals surface area contributed by atoms with Gasteiger partial charge in [0.2, 0.25) is 6.79 Å². The van der Waals surface area contributed by atoms with Gasteiger partial charge in [-0.15, -0.1) is 0 Å². The first kappa shape index (κ1) is 22.4. The Hall–Kier alpha value is -2.81. The molecule has 32 heavy (non-hydrogen) atoms. The molecule has 170 valence electrons. The van der Waals surface area contributed by atoms with Crippen LogP contribution in [0.3, 0.4) is 0 Å². The zero-order chi connectivity index (χ0) is 23.2. The van der Waals surface area contributed by atoms with Crippen LogP contribution in [0.5, 0.6) is 11.5 Å². The number of hydrogen-bond acceptors (Lipinski definition) is 8. The van der Waals surface area contributed by atoms with Gasteiger partial charge in [-0.05, 0) is 43.9 Å². The first-order valence-corrected chi connectivity index (χ1v) is 11.2. The van der Waals surface area contributed by atoms with Crippen LogP contribution >= 0.6 is 15.9 Å². The summed E-state index contributed by atoms with van der Waals surface area (Å²) < 4.78 is 21.9. The molecule has 0 aromatic heterocycles. The van der Waals surface area contributed by atoms with Gasteiger partial charge in [0.05, 0.1) is 19.3 Å². The molecule has 8 nitrogen and oxygen atoms in total. The quantitative estimate of drug-likeness (QED) is 0.491. The summed E-state index contributed by atoms with van der Waals surface area (Å²) in [5.74, 6) is -2.33. The van der Waals surface area contributed by atoms with Crippen molar-refractivity contribution in [1.82, 2.24) is 5.32 Å². The zero-order valence-electron chi connectivity index (χ0n) is 18.2. The highest BCUT2D eigenvalue weighted by Gasteiger charge is 2.47. The van der Waals surface area contributed by atoms with Crippen molar-refractivity contribution in [3.63, 3.8) is 0 Å². The van der Waals surface area contributed by atoms with Crippen molar-refractivity contribution < 1.29 is 33.3 Å². The van der Waals surface area contributed by atoms with Crippen molar-refractivity contribution in [1.29, 1.82) is 0 Å². The Balaban J connectivity index is 1.92. The predicted molar refractivity (Wildman–Crippen MR) is 117 cm³/mol. The molecule has 0 saturated heterocycles. The van der Waals surface area contributed by atoms with Crippen LogP contribution in [0.15, 0.2) is 39.1 Å². The number of halogens is 1. The topological polar surface area (TPSA) is 100 Å². The van der Waals surface area contributed by atoms with Gasteiger partial charge in [0.15, 0.2) is 17.3 Å². The lowest BCUT2D eigenvalue weighted by atomic mass is 9.69. The van der Waals surface area contributed by atoms with Crippen LogP contribution in [0, 0.1) is 11.8 Å². The number of ketones is 1. The highest BCUT2D eigenvalue weighted by Crippen LogP contribution is 2.49. The van der Waals surface area contributed by atoms with Gasteiger partial charge in [0.1, 0.15) is 5.92 Å². The number of carbonyl (C=O) groups excluding carboxylic acids is 3. The van der Waals surface area contributed by atoms with E-state index < -0.39 is 23.8 Å². The number of benzene rings is 1. The van der Waals surface area contributed by atoms with Gasteiger partial charge < -0.3 is 24.3 Å². The zero-order valence-corrected chi connectivity index (χ0v) is 19.8. The average molecular weight is 506 g/mol. The van der Waals surface area contributed by atoms with Crippen LogP contribution < -0.4 is 14.8 Å².